The van der Waals surface area contributed by atoms with Gasteiger partial charge in [-0.1, -0.05) is 36.8 Å². The topological polar surface area (TPSA) is 110 Å². The number of aryl methyl sites for hydroxylation is 2. The van der Waals surface area contributed by atoms with Crippen molar-refractivity contribution >= 4 is 24.9 Å². The Morgan fingerprint density at radius 2 is 1.83 bits per heavy atom. The first kappa shape index (κ1) is 23.9. The molecule has 0 radical (unpaired) electrons. The van der Waals surface area contributed by atoms with Gasteiger partial charge in [0.2, 0.25) is 0 Å². The standard InChI is InChI=1S/C21H30NO5PS/c1-21(22,16-27-28(24,25)26)15-14-18-12-13-20(29-18)19(23)11-7-3-6-10-17-8-4-2-5-9-17/h2,4-5,8-9,12-13H,3,6-7,10-11,14-16,22H2,1H3,(H2,24,25,26). The predicted octanol–water partition coefficient (Wildman–Crippen LogP) is 4.49. The van der Waals surface area contributed by atoms with E-state index in [1.807, 2.05) is 30.3 Å². The Hall–Kier alpha value is -1.34. The summed E-state index contributed by atoms with van der Waals surface area (Å²) in [5, 5.41) is 0. The smallest absolute Gasteiger partial charge is 0.323 e. The lowest BCUT2D eigenvalue weighted by Gasteiger charge is -2.24. The van der Waals surface area contributed by atoms with E-state index in [-0.39, 0.29) is 12.4 Å². The molecule has 0 saturated heterocycles. The summed E-state index contributed by atoms with van der Waals surface area (Å²) in [7, 11) is -4.52. The van der Waals surface area contributed by atoms with Crippen LogP contribution in [0.3, 0.4) is 0 Å². The van der Waals surface area contributed by atoms with E-state index in [0.717, 1.165) is 35.4 Å². The van der Waals surface area contributed by atoms with E-state index in [2.05, 4.69) is 16.7 Å². The third-order valence-corrected chi connectivity index (χ3v) is 6.31. The quantitative estimate of drug-likeness (QED) is 0.241. The molecule has 6 nitrogen and oxygen atoms in total. The molecule has 1 heterocycles. The maximum absolute atomic E-state index is 12.4. The molecule has 0 spiro atoms. The number of hydrogen-bond donors (Lipinski definition) is 3. The fraction of sp³-hybridized carbons (Fsp3) is 0.476. The lowest BCUT2D eigenvalue weighted by atomic mass is 9.98. The van der Waals surface area contributed by atoms with Gasteiger partial charge in [-0.05, 0) is 56.7 Å². The number of unbranched alkanes of at least 4 members (excludes halogenated alkanes) is 2. The van der Waals surface area contributed by atoms with Crippen molar-refractivity contribution in [3.63, 3.8) is 0 Å². The maximum Gasteiger partial charge on any atom is 0.469 e. The van der Waals surface area contributed by atoms with Gasteiger partial charge in [0.25, 0.3) is 0 Å². The van der Waals surface area contributed by atoms with E-state index in [9.17, 15) is 9.36 Å². The van der Waals surface area contributed by atoms with Crippen LogP contribution < -0.4 is 5.73 Å². The van der Waals surface area contributed by atoms with Crippen molar-refractivity contribution in [2.45, 2.75) is 57.4 Å². The summed E-state index contributed by atoms with van der Waals surface area (Å²) in [6.45, 7) is 1.47. The van der Waals surface area contributed by atoms with Crippen molar-refractivity contribution in [2.24, 2.45) is 5.73 Å². The molecule has 2 rings (SSSR count). The molecule has 2 aromatic rings. The molecule has 0 amide bonds. The highest BCUT2D eigenvalue weighted by molar-refractivity contribution is 7.46. The van der Waals surface area contributed by atoms with Crippen LogP contribution in [-0.4, -0.2) is 27.7 Å². The molecular weight excluding hydrogens is 409 g/mol. The molecule has 4 N–H and O–H groups in total. The van der Waals surface area contributed by atoms with Crippen molar-refractivity contribution in [1.82, 2.24) is 0 Å². The van der Waals surface area contributed by atoms with Gasteiger partial charge in [-0.25, -0.2) is 4.57 Å². The largest absolute Gasteiger partial charge is 0.469 e. The van der Waals surface area contributed by atoms with Crippen molar-refractivity contribution in [3.8, 4) is 0 Å². The van der Waals surface area contributed by atoms with Crippen LogP contribution in [0.4, 0.5) is 0 Å². The summed E-state index contributed by atoms with van der Waals surface area (Å²) in [5.41, 5.74) is 6.52. The van der Waals surface area contributed by atoms with E-state index in [1.165, 1.54) is 16.9 Å². The Kier molecular flexibility index (Phi) is 9.21. The molecule has 0 aliphatic heterocycles. The van der Waals surface area contributed by atoms with Crippen LogP contribution in [0.25, 0.3) is 0 Å². The van der Waals surface area contributed by atoms with E-state index in [0.29, 0.717) is 19.3 Å². The number of thiophene rings is 1. The highest BCUT2D eigenvalue weighted by Crippen LogP contribution is 2.37. The minimum absolute atomic E-state index is 0.168. The number of ketones is 1. The Labute approximate surface area is 176 Å². The number of benzene rings is 1. The monoisotopic (exact) mass is 439 g/mol. The van der Waals surface area contributed by atoms with Gasteiger partial charge in [0.15, 0.2) is 5.78 Å². The number of Topliss-reactive ketones (excluding diaryl/α,β-unsaturated/α-hetero) is 1. The number of hydrogen-bond acceptors (Lipinski definition) is 5. The van der Waals surface area contributed by atoms with Crippen molar-refractivity contribution in [3.05, 3.63) is 57.8 Å². The molecule has 0 fully saturated rings. The molecule has 0 bridgehead atoms. The molecule has 1 aromatic heterocycles. The van der Waals surface area contributed by atoms with Crippen LogP contribution in [0.15, 0.2) is 42.5 Å². The van der Waals surface area contributed by atoms with Crippen LogP contribution in [0.2, 0.25) is 0 Å². The first-order valence-electron chi connectivity index (χ1n) is 9.79. The lowest BCUT2D eigenvalue weighted by molar-refractivity contribution is 0.0983. The van der Waals surface area contributed by atoms with Gasteiger partial charge in [-0.15, -0.1) is 11.3 Å². The summed E-state index contributed by atoms with van der Waals surface area (Å²) in [6.07, 6.45) is 5.73. The second kappa shape index (κ2) is 11.2. The highest BCUT2D eigenvalue weighted by atomic mass is 32.1. The molecule has 1 unspecified atom stereocenters. The Morgan fingerprint density at radius 1 is 1.10 bits per heavy atom. The van der Waals surface area contributed by atoms with Gasteiger partial charge in [0.1, 0.15) is 0 Å². The van der Waals surface area contributed by atoms with E-state index in [1.54, 1.807) is 6.92 Å². The molecule has 1 aromatic carbocycles. The Morgan fingerprint density at radius 3 is 2.52 bits per heavy atom. The van der Waals surface area contributed by atoms with E-state index < -0.39 is 13.4 Å². The first-order chi connectivity index (χ1) is 13.6. The molecule has 8 heteroatoms. The second-order valence-electron chi connectivity index (χ2n) is 7.65. The third kappa shape index (κ3) is 9.81. The first-order valence-corrected chi connectivity index (χ1v) is 12.1. The molecule has 29 heavy (non-hydrogen) atoms. The minimum atomic E-state index is -4.52. The normalized spacial score (nSPS) is 13.9. The lowest BCUT2D eigenvalue weighted by Crippen LogP contribution is -2.41. The van der Waals surface area contributed by atoms with E-state index >= 15 is 0 Å². The summed E-state index contributed by atoms with van der Waals surface area (Å²) < 4.78 is 15.3. The minimum Gasteiger partial charge on any atom is -0.323 e. The van der Waals surface area contributed by atoms with Crippen molar-refractivity contribution < 1.29 is 23.7 Å². The average molecular weight is 440 g/mol. The summed E-state index contributed by atoms with van der Waals surface area (Å²) >= 11 is 1.47. The second-order valence-corrected chi connectivity index (χ2v) is 10.1. The number of carbonyl (C=O) groups is 1. The average Bonchev–Trinajstić information content (AvgIpc) is 3.14. The van der Waals surface area contributed by atoms with Crippen LogP contribution in [0.5, 0.6) is 0 Å². The molecule has 160 valence electrons. The number of rotatable bonds is 13. The predicted molar refractivity (Wildman–Crippen MR) is 116 cm³/mol. The van der Waals surface area contributed by atoms with Gasteiger partial charge >= 0.3 is 7.82 Å². The SMILES string of the molecule is CC(N)(CCc1ccc(C(=O)CCCCCc2ccccc2)s1)COP(=O)(O)O. The van der Waals surface area contributed by atoms with Crippen LogP contribution in [-0.2, 0) is 21.9 Å². The van der Waals surface area contributed by atoms with Gasteiger partial charge in [0.05, 0.1) is 11.5 Å². The molecular formula is C21H30NO5PS. The molecule has 1 atom stereocenters. The molecule has 0 aliphatic carbocycles. The number of phosphoric acid groups is 1. The zero-order valence-corrected chi connectivity index (χ0v) is 18.5. The van der Waals surface area contributed by atoms with Crippen molar-refractivity contribution in [2.75, 3.05) is 6.61 Å². The van der Waals surface area contributed by atoms with Gasteiger partial charge in [0, 0.05) is 16.8 Å². The summed E-state index contributed by atoms with van der Waals surface area (Å²) in [5.74, 6) is 0.168. The van der Waals surface area contributed by atoms with Crippen molar-refractivity contribution in [1.29, 1.82) is 0 Å². The zero-order valence-electron chi connectivity index (χ0n) is 16.8. The summed E-state index contributed by atoms with van der Waals surface area (Å²) in [6, 6.07) is 14.1. The van der Waals surface area contributed by atoms with Gasteiger partial charge in [-0.2, -0.15) is 0 Å². The van der Waals surface area contributed by atoms with Crippen LogP contribution in [0.1, 0.15) is 59.1 Å². The van der Waals surface area contributed by atoms with Gasteiger partial charge in [-0.3, -0.25) is 9.32 Å². The molecule has 0 aliphatic rings. The highest BCUT2D eigenvalue weighted by Gasteiger charge is 2.24. The zero-order chi connectivity index (χ0) is 21.3. The molecule has 0 saturated carbocycles. The number of nitrogens with two attached hydrogens (primary N) is 1. The fourth-order valence-corrected chi connectivity index (χ4v) is 4.37. The Balaban J connectivity index is 1.68. The van der Waals surface area contributed by atoms with Crippen LogP contribution >= 0.6 is 19.2 Å². The number of phosphoric ester groups is 1. The fourth-order valence-electron chi connectivity index (χ4n) is 2.93. The Bertz CT molecular complexity index is 815. The van der Waals surface area contributed by atoms with Crippen LogP contribution in [0, 0.1) is 0 Å². The maximum atomic E-state index is 12.4. The summed E-state index contributed by atoms with van der Waals surface area (Å²) in [4.78, 5) is 31.8. The van der Waals surface area contributed by atoms with Gasteiger partial charge < -0.3 is 15.5 Å². The van der Waals surface area contributed by atoms with E-state index in [4.69, 9.17) is 15.5 Å². The third-order valence-electron chi connectivity index (χ3n) is 4.65. The number of carbonyl (C=O) groups excluding carboxylic acids is 1.